The van der Waals surface area contributed by atoms with E-state index in [1.54, 1.807) is 30.3 Å². The molecule has 0 saturated carbocycles. The number of amides is 1. The van der Waals surface area contributed by atoms with E-state index in [1.165, 1.54) is 11.0 Å². The van der Waals surface area contributed by atoms with Crippen LogP contribution in [0.2, 0.25) is 0 Å². The zero-order valence-corrected chi connectivity index (χ0v) is 17.8. The SMILES string of the molecule is O=C1C=C(CN2C(C(F)(F)F)CO[C@@](Cl)(OCc3ccccc3)[C@@H]2c2ccccc2)CN1. The Morgan fingerprint density at radius 3 is 2.38 bits per heavy atom. The van der Waals surface area contributed by atoms with Crippen LogP contribution in [0, 0.1) is 0 Å². The monoisotopic (exact) mass is 466 g/mol. The van der Waals surface area contributed by atoms with Gasteiger partial charge in [0.2, 0.25) is 5.91 Å². The number of halogens is 4. The number of hydrogen-bond donors (Lipinski definition) is 1. The molecule has 1 amide bonds. The molecule has 2 aliphatic heterocycles. The molecule has 1 fully saturated rings. The molecule has 4 rings (SSSR count). The summed E-state index contributed by atoms with van der Waals surface area (Å²) in [5.41, 5.74) is 1.86. The first kappa shape index (κ1) is 22.8. The predicted molar refractivity (Wildman–Crippen MR) is 113 cm³/mol. The summed E-state index contributed by atoms with van der Waals surface area (Å²) in [4.78, 5) is 12.8. The third-order valence-corrected chi connectivity index (χ3v) is 5.90. The normalized spacial score (nSPS) is 26.6. The van der Waals surface area contributed by atoms with Crippen LogP contribution in [0.3, 0.4) is 0 Å². The molecule has 2 heterocycles. The van der Waals surface area contributed by atoms with Crippen molar-refractivity contribution >= 4 is 17.5 Å². The maximum absolute atomic E-state index is 14.0. The Bertz CT molecular complexity index is 971. The van der Waals surface area contributed by atoms with Crippen LogP contribution in [0.4, 0.5) is 13.2 Å². The number of benzene rings is 2. The van der Waals surface area contributed by atoms with Crippen LogP contribution in [0.1, 0.15) is 17.2 Å². The van der Waals surface area contributed by atoms with Crippen molar-refractivity contribution in [2.45, 2.75) is 30.1 Å². The van der Waals surface area contributed by atoms with Crippen molar-refractivity contribution in [3.8, 4) is 0 Å². The zero-order valence-electron chi connectivity index (χ0n) is 17.0. The number of carbonyl (C=O) groups is 1. The van der Waals surface area contributed by atoms with E-state index >= 15 is 0 Å². The third-order valence-electron chi connectivity index (χ3n) is 5.48. The largest absolute Gasteiger partial charge is 0.406 e. The summed E-state index contributed by atoms with van der Waals surface area (Å²) in [7, 11) is 0. The summed E-state index contributed by atoms with van der Waals surface area (Å²) in [5, 5.41) is 0.734. The zero-order chi connectivity index (χ0) is 22.8. The fourth-order valence-corrected chi connectivity index (χ4v) is 4.32. The van der Waals surface area contributed by atoms with Gasteiger partial charge in [-0.2, -0.15) is 13.2 Å². The van der Waals surface area contributed by atoms with E-state index in [4.69, 9.17) is 21.1 Å². The molecular formula is C23H22ClF3N2O3. The molecule has 1 N–H and O–H groups in total. The lowest BCUT2D eigenvalue weighted by Gasteiger charge is -2.50. The molecule has 2 aromatic rings. The smallest absolute Gasteiger partial charge is 0.349 e. The van der Waals surface area contributed by atoms with Gasteiger partial charge in [-0.15, -0.1) is 0 Å². The van der Waals surface area contributed by atoms with Crippen LogP contribution in [-0.4, -0.2) is 48.0 Å². The maximum atomic E-state index is 14.0. The number of nitrogens with zero attached hydrogens (tertiary/aromatic N) is 1. The summed E-state index contributed by atoms with van der Waals surface area (Å²) in [6.07, 6.45) is -3.24. The lowest BCUT2D eigenvalue weighted by molar-refractivity contribution is -0.303. The van der Waals surface area contributed by atoms with Gasteiger partial charge in [0, 0.05) is 19.2 Å². The third kappa shape index (κ3) is 4.99. The molecular weight excluding hydrogens is 445 g/mol. The molecule has 9 heteroatoms. The van der Waals surface area contributed by atoms with Crippen LogP contribution < -0.4 is 5.32 Å². The Hall–Kier alpha value is -2.39. The number of rotatable bonds is 6. The van der Waals surface area contributed by atoms with E-state index in [1.807, 2.05) is 30.3 Å². The topological polar surface area (TPSA) is 50.8 Å². The van der Waals surface area contributed by atoms with Crippen molar-refractivity contribution in [3.63, 3.8) is 0 Å². The number of morpholine rings is 1. The molecule has 0 aromatic heterocycles. The first-order valence-electron chi connectivity index (χ1n) is 10.1. The summed E-state index contributed by atoms with van der Waals surface area (Å²) in [5.74, 6) is -0.328. The highest BCUT2D eigenvalue weighted by molar-refractivity contribution is 6.22. The molecule has 5 nitrogen and oxygen atoms in total. The quantitative estimate of drug-likeness (QED) is 0.650. The van der Waals surface area contributed by atoms with Gasteiger partial charge in [-0.1, -0.05) is 72.3 Å². The molecule has 0 bridgehead atoms. The van der Waals surface area contributed by atoms with Crippen molar-refractivity contribution in [1.82, 2.24) is 10.2 Å². The minimum atomic E-state index is -4.57. The Morgan fingerprint density at radius 2 is 1.78 bits per heavy atom. The second kappa shape index (κ2) is 9.23. The van der Waals surface area contributed by atoms with E-state index in [0.29, 0.717) is 11.1 Å². The van der Waals surface area contributed by atoms with Crippen LogP contribution in [0.25, 0.3) is 0 Å². The van der Waals surface area contributed by atoms with Crippen LogP contribution in [0.15, 0.2) is 72.3 Å². The highest BCUT2D eigenvalue weighted by atomic mass is 35.5. The lowest BCUT2D eigenvalue weighted by Crippen LogP contribution is -2.62. The average Bonchev–Trinajstić information content (AvgIpc) is 3.17. The van der Waals surface area contributed by atoms with Gasteiger partial charge in [0.1, 0.15) is 12.1 Å². The van der Waals surface area contributed by atoms with Crippen molar-refractivity contribution in [2.75, 3.05) is 19.7 Å². The maximum Gasteiger partial charge on any atom is 0.406 e. The van der Waals surface area contributed by atoms with Crippen LogP contribution in [0.5, 0.6) is 0 Å². The Balaban J connectivity index is 1.71. The molecule has 0 aliphatic carbocycles. The number of nitrogens with one attached hydrogen (secondary N) is 1. The van der Waals surface area contributed by atoms with E-state index in [0.717, 1.165) is 5.56 Å². The summed E-state index contributed by atoms with van der Waals surface area (Å²) < 4.78 is 53.6. The first-order chi connectivity index (χ1) is 15.3. The standard InChI is InChI=1S/C23H22ClF3N2O3/c24-22(31-14-16-7-3-1-4-8-16)21(18-9-5-2-6-10-18)29(13-17-11-20(30)28-12-17)19(15-32-22)23(25,26)27/h1-11,19,21H,12-15H2,(H,28,30)/t19?,21-,22-/m0/s1. The molecule has 0 radical (unpaired) electrons. The van der Waals surface area contributed by atoms with Crippen molar-refractivity contribution in [3.05, 3.63) is 83.4 Å². The number of hydrogen-bond acceptors (Lipinski definition) is 4. The molecule has 2 aromatic carbocycles. The van der Waals surface area contributed by atoms with Gasteiger partial charge in [-0.05, 0) is 16.7 Å². The fourth-order valence-electron chi connectivity index (χ4n) is 3.96. The Morgan fingerprint density at radius 1 is 1.12 bits per heavy atom. The minimum Gasteiger partial charge on any atom is -0.349 e. The second-order valence-electron chi connectivity index (χ2n) is 7.73. The lowest BCUT2D eigenvalue weighted by atomic mass is 9.98. The second-order valence-corrected chi connectivity index (χ2v) is 8.26. The fraction of sp³-hybridized carbons (Fsp3) is 0.348. The van der Waals surface area contributed by atoms with Crippen molar-refractivity contribution < 1.29 is 27.4 Å². The van der Waals surface area contributed by atoms with E-state index < -0.39 is 30.1 Å². The molecule has 1 saturated heterocycles. The molecule has 170 valence electrons. The summed E-state index contributed by atoms with van der Waals surface area (Å²) >= 11 is 6.79. The molecule has 1 unspecified atom stereocenters. The highest BCUT2D eigenvalue weighted by Gasteiger charge is 2.57. The molecule has 2 aliphatic rings. The van der Waals surface area contributed by atoms with Gasteiger partial charge in [0.15, 0.2) is 0 Å². The van der Waals surface area contributed by atoms with Crippen molar-refractivity contribution in [1.29, 1.82) is 0 Å². The highest BCUT2D eigenvalue weighted by Crippen LogP contribution is 2.47. The van der Waals surface area contributed by atoms with E-state index in [-0.39, 0.29) is 25.6 Å². The summed E-state index contributed by atoms with van der Waals surface area (Å²) in [6.45, 7) is -0.571. The Labute approximate surface area is 188 Å². The van der Waals surface area contributed by atoms with Crippen LogP contribution >= 0.6 is 11.6 Å². The van der Waals surface area contributed by atoms with Gasteiger partial charge in [-0.25, -0.2) is 0 Å². The molecule has 3 atom stereocenters. The van der Waals surface area contributed by atoms with Gasteiger partial charge in [0.05, 0.1) is 13.2 Å². The van der Waals surface area contributed by atoms with Gasteiger partial charge in [-0.3, -0.25) is 9.69 Å². The summed E-state index contributed by atoms with van der Waals surface area (Å²) in [6, 6.07) is 14.8. The predicted octanol–water partition coefficient (Wildman–Crippen LogP) is 4.16. The van der Waals surface area contributed by atoms with Gasteiger partial charge >= 0.3 is 6.18 Å². The number of ether oxygens (including phenoxy) is 2. The van der Waals surface area contributed by atoms with Gasteiger partial charge < -0.3 is 14.8 Å². The van der Waals surface area contributed by atoms with Crippen LogP contribution in [-0.2, 0) is 20.9 Å². The molecule has 0 spiro atoms. The van der Waals surface area contributed by atoms with Crippen molar-refractivity contribution in [2.24, 2.45) is 0 Å². The Kier molecular flexibility index (Phi) is 6.57. The van der Waals surface area contributed by atoms with E-state index in [9.17, 15) is 18.0 Å². The minimum absolute atomic E-state index is 0.0565. The van der Waals surface area contributed by atoms with E-state index in [2.05, 4.69) is 5.32 Å². The van der Waals surface area contributed by atoms with Gasteiger partial charge in [0.25, 0.3) is 5.25 Å². The number of alkyl halides is 4. The average molecular weight is 467 g/mol. The first-order valence-corrected chi connectivity index (χ1v) is 10.5. The number of carbonyl (C=O) groups excluding carboxylic acids is 1. The molecule has 32 heavy (non-hydrogen) atoms.